The maximum Gasteiger partial charge on any atom is 0.121 e. The van der Waals surface area contributed by atoms with Crippen LogP contribution in [0.3, 0.4) is 0 Å². The Morgan fingerprint density at radius 2 is 1.06 bits per heavy atom. The molecule has 8 aromatic rings. The Bertz CT molecular complexity index is 3030. The summed E-state index contributed by atoms with van der Waals surface area (Å²) in [5.41, 5.74) is 16.1. The van der Waals surface area contributed by atoms with E-state index in [2.05, 4.69) is 207 Å². The molecule has 2 saturated heterocycles. The van der Waals surface area contributed by atoms with Crippen molar-refractivity contribution >= 4 is 21.8 Å². The first-order valence-corrected chi connectivity index (χ1v) is 26.2. The van der Waals surface area contributed by atoms with Crippen molar-refractivity contribution in [1.82, 2.24) is 19.8 Å². The van der Waals surface area contributed by atoms with E-state index < -0.39 is 0 Å². The van der Waals surface area contributed by atoms with Gasteiger partial charge in [-0.25, -0.2) is 0 Å². The van der Waals surface area contributed by atoms with Crippen molar-refractivity contribution in [2.24, 2.45) is 0 Å². The molecule has 0 amide bonds. The highest BCUT2D eigenvalue weighted by Gasteiger charge is 2.25. The fourth-order valence-electron chi connectivity index (χ4n) is 11.3. The van der Waals surface area contributed by atoms with Crippen LogP contribution < -0.4 is 20.1 Å². The maximum absolute atomic E-state index is 6.55. The second-order valence-electron chi connectivity index (χ2n) is 22.2. The molecule has 6 aromatic carbocycles. The molecule has 4 heterocycles. The number of nitrogens with one attached hydrogen (secondary N) is 2. The summed E-state index contributed by atoms with van der Waals surface area (Å²) in [5.74, 6) is 3.00. The van der Waals surface area contributed by atoms with Gasteiger partial charge in [0.15, 0.2) is 0 Å². The van der Waals surface area contributed by atoms with E-state index in [0.717, 1.165) is 63.6 Å². The van der Waals surface area contributed by atoms with Crippen molar-refractivity contribution in [2.75, 3.05) is 32.8 Å². The average Bonchev–Trinajstić information content (AvgIpc) is 3.91. The molecule has 6 heteroatoms. The topological polar surface area (TPSA) is 52.4 Å². The van der Waals surface area contributed by atoms with Gasteiger partial charge < -0.3 is 29.2 Å². The van der Waals surface area contributed by atoms with Gasteiger partial charge in [-0.2, -0.15) is 0 Å². The monoisotopic (exact) mass is 931 g/mol. The Morgan fingerprint density at radius 3 is 1.61 bits per heavy atom. The Morgan fingerprint density at radius 1 is 0.529 bits per heavy atom. The van der Waals surface area contributed by atoms with E-state index in [4.69, 9.17) is 9.47 Å². The Hall–Kier alpha value is -6.08. The van der Waals surface area contributed by atoms with Crippen LogP contribution in [0.4, 0.5) is 0 Å². The molecule has 0 spiro atoms. The van der Waals surface area contributed by atoms with Crippen LogP contribution in [0.25, 0.3) is 21.8 Å². The minimum Gasteiger partial charge on any atom is -0.493 e. The highest BCUT2D eigenvalue weighted by atomic mass is 16.5. The minimum absolute atomic E-state index is 0.0364. The van der Waals surface area contributed by atoms with Crippen LogP contribution >= 0.6 is 0 Å². The van der Waals surface area contributed by atoms with Crippen LogP contribution in [-0.2, 0) is 43.4 Å². The van der Waals surface area contributed by atoms with Crippen LogP contribution in [0.2, 0.25) is 0 Å². The predicted molar refractivity (Wildman–Crippen MR) is 291 cm³/mol. The van der Waals surface area contributed by atoms with Crippen molar-refractivity contribution in [2.45, 2.75) is 122 Å². The Labute approximate surface area is 417 Å². The summed E-state index contributed by atoms with van der Waals surface area (Å²) < 4.78 is 17.9. The quantitative estimate of drug-likeness (QED) is 0.101. The van der Waals surface area contributed by atoms with Gasteiger partial charge in [-0.1, -0.05) is 132 Å². The summed E-state index contributed by atoms with van der Waals surface area (Å²) in [6.07, 6.45) is 11.4. The third kappa shape index (κ3) is 10.9. The lowest BCUT2D eigenvalue weighted by Gasteiger charge is -2.26. The number of rotatable bonds is 16. The zero-order chi connectivity index (χ0) is 48.2. The summed E-state index contributed by atoms with van der Waals surface area (Å²) in [5, 5.41) is 9.84. The van der Waals surface area contributed by atoms with E-state index in [9.17, 15) is 0 Å². The number of hydrogen-bond donors (Lipinski definition) is 2. The fraction of sp³-hybridized carbons (Fsp3) is 0.375. The molecule has 0 atom stereocenters. The molecule has 6 nitrogen and oxygen atoms in total. The molecule has 2 aromatic heterocycles. The van der Waals surface area contributed by atoms with Gasteiger partial charge in [0.05, 0.1) is 17.6 Å². The standard InChI is InChI=1S/C64H74N4O2/c1-45-10-7-8-13-52(45)44-70-56-23-25-58-60(51-28-33-66-34-29-51)43-68(62(58)38-56)41-48-16-20-54(21-17-48)64(5,6)39-49-12-9-11-46(36-49)30-35-69-55-22-24-57-59(50-26-31-65-32-27-50)42-67(61(57)37-55)40-47-14-18-53(19-15-47)63(2,3)4/h7-25,36-38,42-43,50-51,65-66H,26-35,39-41,44H2,1-6H3. The van der Waals surface area contributed by atoms with Crippen LogP contribution in [-0.4, -0.2) is 41.9 Å². The van der Waals surface area contributed by atoms with Crippen molar-refractivity contribution in [3.8, 4) is 11.5 Å². The lowest BCUT2D eigenvalue weighted by atomic mass is 9.79. The highest BCUT2D eigenvalue weighted by molar-refractivity contribution is 5.87. The molecule has 0 aliphatic carbocycles. The van der Waals surface area contributed by atoms with E-state index in [1.807, 2.05) is 0 Å². The summed E-state index contributed by atoms with van der Waals surface area (Å²) >= 11 is 0. The zero-order valence-electron chi connectivity index (χ0n) is 42.6. The number of aryl methyl sites for hydroxylation is 1. The van der Waals surface area contributed by atoms with Crippen LogP contribution in [0, 0.1) is 6.92 Å². The van der Waals surface area contributed by atoms with E-state index in [-0.39, 0.29) is 10.8 Å². The highest BCUT2D eigenvalue weighted by Crippen LogP contribution is 2.38. The predicted octanol–water partition coefficient (Wildman–Crippen LogP) is 14.0. The van der Waals surface area contributed by atoms with E-state index in [1.54, 1.807) is 0 Å². The Balaban J connectivity index is 0.798. The van der Waals surface area contributed by atoms with E-state index in [0.29, 0.717) is 25.0 Å². The van der Waals surface area contributed by atoms with E-state index in [1.165, 1.54) is 103 Å². The number of nitrogens with zero attached hydrogens (tertiary/aromatic N) is 2. The van der Waals surface area contributed by atoms with Gasteiger partial charge in [-0.3, -0.25) is 0 Å². The Kier molecular flexibility index (Phi) is 14.1. The molecule has 2 N–H and O–H groups in total. The summed E-state index contributed by atoms with van der Waals surface area (Å²) in [6, 6.07) is 49.7. The summed E-state index contributed by atoms with van der Waals surface area (Å²) in [7, 11) is 0. The molecule has 70 heavy (non-hydrogen) atoms. The number of piperidine rings is 2. The summed E-state index contributed by atoms with van der Waals surface area (Å²) in [4.78, 5) is 0. The molecule has 0 bridgehead atoms. The molecule has 10 rings (SSSR count). The van der Waals surface area contributed by atoms with Gasteiger partial charge in [0.25, 0.3) is 0 Å². The third-order valence-electron chi connectivity index (χ3n) is 15.5. The van der Waals surface area contributed by atoms with Crippen molar-refractivity contribution < 1.29 is 9.47 Å². The number of aromatic nitrogens is 2. The smallest absolute Gasteiger partial charge is 0.121 e. The molecule has 362 valence electrons. The second-order valence-corrected chi connectivity index (χ2v) is 22.2. The molecule has 0 radical (unpaired) electrons. The van der Waals surface area contributed by atoms with Crippen LogP contribution in [0.15, 0.2) is 146 Å². The molecular weight excluding hydrogens is 857 g/mol. The average molecular weight is 931 g/mol. The molecule has 2 aliphatic rings. The van der Waals surface area contributed by atoms with Gasteiger partial charge in [0.1, 0.15) is 18.1 Å². The first-order chi connectivity index (χ1) is 33.9. The molecule has 0 unspecified atom stereocenters. The lowest BCUT2D eigenvalue weighted by molar-refractivity contribution is 0.306. The van der Waals surface area contributed by atoms with Crippen molar-refractivity contribution in [3.05, 3.63) is 201 Å². The number of hydrogen-bond acceptors (Lipinski definition) is 4. The van der Waals surface area contributed by atoms with Crippen molar-refractivity contribution in [3.63, 3.8) is 0 Å². The molecule has 2 aliphatic heterocycles. The molecule has 2 fully saturated rings. The van der Waals surface area contributed by atoms with Gasteiger partial charge in [0.2, 0.25) is 0 Å². The largest absolute Gasteiger partial charge is 0.493 e. The fourth-order valence-corrected chi connectivity index (χ4v) is 11.3. The first-order valence-electron chi connectivity index (χ1n) is 26.2. The molecular formula is C64H74N4O2. The SMILES string of the molecule is Cc1ccccc1COc1ccc2c(C3CCNCC3)cn(Cc3ccc(C(C)(C)Cc4cccc(CCOc5ccc6c(C7CCNCC7)cn(Cc7ccc(C(C)(C)C)cc7)c6c5)c4)cc3)c2c1. The van der Waals surface area contributed by atoms with Crippen LogP contribution in [0.1, 0.15) is 128 Å². The van der Waals surface area contributed by atoms with Gasteiger partial charge in [0, 0.05) is 54.8 Å². The number of ether oxygens (including phenoxy) is 2. The zero-order valence-corrected chi connectivity index (χ0v) is 42.6. The minimum atomic E-state index is -0.0364. The first kappa shape index (κ1) is 47.6. The van der Waals surface area contributed by atoms with Gasteiger partial charge in [-0.05, 0) is 168 Å². The normalized spacial score (nSPS) is 15.2. The van der Waals surface area contributed by atoms with E-state index >= 15 is 0 Å². The van der Waals surface area contributed by atoms with Gasteiger partial charge >= 0.3 is 0 Å². The second kappa shape index (κ2) is 20.7. The summed E-state index contributed by atoms with van der Waals surface area (Å²) in [6.45, 7) is 20.9. The molecule has 0 saturated carbocycles. The van der Waals surface area contributed by atoms with Crippen molar-refractivity contribution in [1.29, 1.82) is 0 Å². The number of benzene rings is 6. The van der Waals surface area contributed by atoms with Crippen LogP contribution in [0.5, 0.6) is 11.5 Å². The lowest BCUT2D eigenvalue weighted by Crippen LogP contribution is -2.26. The third-order valence-corrected chi connectivity index (χ3v) is 15.5. The maximum atomic E-state index is 6.55. The number of fused-ring (bicyclic) bond motifs is 2. The van der Waals surface area contributed by atoms with Gasteiger partial charge in [-0.15, -0.1) is 0 Å².